The maximum atomic E-state index is 10.7. The fraction of sp³-hybridized carbons (Fsp3) is 0.308. The highest BCUT2D eigenvalue weighted by Gasteiger charge is 2.18. The number of hydrogen-bond donors (Lipinski definition) is 0. The SMILES string of the molecule is CC(C)c1ccc(Cn2cc(Cl)c([N+](=O)[O-])n2)cc1. The van der Waals surface area contributed by atoms with Crippen molar-refractivity contribution in [2.45, 2.75) is 26.3 Å². The zero-order valence-corrected chi connectivity index (χ0v) is 11.5. The second kappa shape index (κ2) is 5.40. The molecule has 0 saturated heterocycles. The number of hydrogen-bond acceptors (Lipinski definition) is 3. The Labute approximate surface area is 116 Å². The third-order valence-corrected chi connectivity index (χ3v) is 3.13. The predicted molar refractivity (Wildman–Crippen MR) is 73.5 cm³/mol. The van der Waals surface area contributed by atoms with Gasteiger partial charge in [0.05, 0.1) is 17.8 Å². The quantitative estimate of drug-likeness (QED) is 0.634. The smallest absolute Gasteiger partial charge is 0.358 e. The maximum absolute atomic E-state index is 10.7. The van der Waals surface area contributed by atoms with Gasteiger partial charge in [0.1, 0.15) is 0 Å². The molecule has 0 aliphatic heterocycles. The molecule has 0 spiro atoms. The van der Waals surface area contributed by atoms with Crippen LogP contribution in [0.3, 0.4) is 0 Å². The molecule has 0 atom stereocenters. The minimum atomic E-state index is -0.583. The number of nitro groups is 1. The van der Waals surface area contributed by atoms with Gasteiger partial charge in [-0.15, -0.1) is 0 Å². The fourth-order valence-electron chi connectivity index (χ4n) is 1.79. The first kappa shape index (κ1) is 13.5. The Morgan fingerprint density at radius 2 is 2.00 bits per heavy atom. The number of rotatable bonds is 4. The standard InChI is InChI=1S/C13H14ClN3O2/c1-9(2)11-5-3-10(4-6-11)7-16-8-12(14)13(15-16)17(18)19/h3-6,8-9H,7H2,1-2H3. The average Bonchev–Trinajstić information content (AvgIpc) is 2.71. The molecule has 0 saturated carbocycles. The Morgan fingerprint density at radius 1 is 1.37 bits per heavy atom. The van der Waals surface area contributed by atoms with Crippen molar-refractivity contribution >= 4 is 17.4 Å². The summed E-state index contributed by atoms with van der Waals surface area (Å²) in [6.45, 7) is 4.73. The lowest BCUT2D eigenvalue weighted by molar-refractivity contribution is -0.389. The van der Waals surface area contributed by atoms with Gasteiger partial charge >= 0.3 is 5.82 Å². The van der Waals surface area contributed by atoms with E-state index >= 15 is 0 Å². The molecule has 0 unspecified atom stereocenters. The van der Waals surface area contributed by atoms with E-state index in [4.69, 9.17) is 11.6 Å². The van der Waals surface area contributed by atoms with Crippen LogP contribution in [-0.4, -0.2) is 14.7 Å². The molecule has 2 aromatic rings. The molecule has 0 aliphatic carbocycles. The molecular formula is C13H14ClN3O2. The highest BCUT2D eigenvalue weighted by molar-refractivity contribution is 6.32. The van der Waals surface area contributed by atoms with Gasteiger partial charge in [-0.3, -0.25) is 0 Å². The molecule has 0 fully saturated rings. The van der Waals surface area contributed by atoms with E-state index in [-0.39, 0.29) is 10.8 Å². The van der Waals surface area contributed by atoms with E-state index in [1.54, 1.807) is 0 Å². The van der Waals surface area contributed by atoms with Crippen molar-refractivity contribution in [2.75, 3.05) is 0 Å². The minimum absolute atomic E-state index is 0.0591. The van der Waals surface area contributed by atoms with Crippen molar-refractivity contribution < 1.29 is 4.92 Å². The van der Waals surface area contributed by atoms with Crippen molar-refractivity contribution in [1.82, 2.24) is 9.78 Å². The van der Waals surface area contributed by atoms with Gasteiger partial charge in [0, 0.05) is 0 Å². The van der Waals surface area contributed by atoms with Gasteiger partial charge in [-0.05, 0) is 22.0 Å². The molecule has 0 N–H and O–H groups in total. The molecule has 0 bridgehead atoms. The van der Waals surface area contributed by atoms with Crippen LogP contribution < -0.4 is 0 Å². The summed E-state index contributed by atoms with van der Waals surface area (Å²) >= 11 is 5.75. The van der Waals surface area contributed by atoms with E-state index in [1.807, 2.05) is 12.1 Å². The van der Waals surface area contributed by atoms with E-state index in [0.717, 1.165) is 5.56 Å². The first-order valence-corrected chi connectivity index (χ1v) is 6.31. The molecule has 1 aromatic heterocycles. The van der Waals surface area contributed by atoms with Crippen molar-refractivity contribution in [2.24, 2.45) is 0 Å². The van der Waals surface area contributed by atoms with Crippen molar-refractivity contribution in [1.29, 1.82) is 0 Å². The van der Waals surface area contributed by atoms with E-state index in [9.17, 15) is 10.1 Å². The second-order valence-corrected chi connectivity index (χ2v) is 5.06. The summed E-state index contributed by atoms with van der Waals surface area (Å²) in [5.74, 6) is 0.176. The summed E-state index contributed by atoms with van der Waals surface area (Å²) < 4.78 is 1.48. The summed E-state index contributed by atoms with van der Waals surface area (Å²) in [6, 6.07) is 8.10. The lowest BCUT2D eigenvalue weighted by atomic mass is 10.0. The molecule has 6 heteroatoms. The predicted octanol–water partition coefficient (Wildman–Crippen LogP) is 3.62. The Bertz CT molecular complexity index is 590. The lowest BCUT2D eigenvalue weighted by Crippen LogP contribution is -2.01. The van der Waals surface area contributed by atoms with Gasteiger partial charge in [0.25, 0.3) is 0 Å². The van der Waals surface area contributed by atoms with E-state index in [1.165, 1.54) is 16.4 Å². The molecule has 0 amide bonds. The zero-order chi connectivity index (χ0) is 14.0. The number of benzene rings is 1. The van der Waals surface area contributed by atoms with Crippen LogP contribution in [0.2, 0.25) is 5.02 Å². The summed E-state index contributed by atoms with van der Waals surface area (Å²) in [6.07, 6.45) is 1.47. The molecular weight excluding hydrogens is 266 g/mol. The van der Waals surface area contributed by atoms with Crippen LogP contribution in [0.4, 0.5) is 5.82 Å². The Kier molecular flexibility index (Phi) is 3.85. The van der Waals surface area contributed by atoms with Gasteiger partial charge in [0.15, 0.2) is 5.02 Å². The molecule has 100 valence electrons. The van der Waals surface area contributed by atoms with Gasteiger partial charge in [0.2, 0.25) is 0 Å². The fourth-order valence-corrected chi connectivity index (χ4v) is 2.01. The van der Waals surface area contributed by atoms with Crippen LogP contribution in [-0.2, 0) is 6.54 Å². The van der Waals surface area contributed by atoms with Gasteiger partial charge in [-0.1, -0.05) is 49.7 Å². The van der Waals surface area contributed by atoms with Gasteiger partial charge < -0.3 is 10.1 Å². The van der Waals surface area contributed by atoms with Crippen molar-refractivity contribution in [3.8, 4) is 0 Å². The lowest BCUT2D eigenvalue weighted by Gasteiger charge is -2.05. The molecule has 0 radical (unpaired) electrons. The first-order chi connectivity index (χ1) is 8.97. The Balaban J connectivity index is 2.17. The minimum Gasteiger partial charge on any atom is -0.358 e. The first-order valence-electron chi connectivity index (χ1n) is 5.93. The van der Waals surface area contributed by atoms with Crippen LogP contribution in [0.25, 0.3) is 0 Å². The van der Waals surface area contributed by atoms with Crippen molar-refractivity contribution in [3.05, 3.63) is 56.7 Å². The van der Waals surface area contributed by atoms with Crippen LogP contribution in [0, 0.1) is 10.1 Å². The Morgan fingerprint density at radius 3 is 2.47 bits per heavy atom. The molecule has 19 heavy (non-hydrogen) atoms. The van der Waals surface area contributed by atoms with Crippen LogP contribution in [0.15, 0.2) is 30.5 Å². The molecule has 0 aliphatic rings. The number of nitrogens with zero attached hydrogens (tertiary/aromatic N) is 3. The molecule has 5 nitrogen and oxygen atoms in total. The summed E-state index contributed by atoms with van der Waals surface area (Å²) in [5.41, 5.74) is 2.28. The van der Waals surface area contributed by atoms with E-state index in [0.29, 0.717) is 12.5 Å². The normalized spacial score (nSPS) is 10.9. The number of aromatic nitrogens is 2. The molecule has 2 rings (SSSR count). The molecule has 1 heterocycles. The third-order valence-electron chi connectivity index (χ3n) is 2.86. The number of halogens is 1. The zero-order valence-electron chi connectivity index (χ0n) is 10.7. The van der Waals surface area contributed by atoms with E-state index < -0.39 is 4.92 Å². The Hall–Kier alpha value is -1.88. The summed E-state index contributed by atoms with van der Waals surface area (Å²) in [4.78, 5) is 10.1. The highest BCUT2D eigenvalue weighted by Crippen LogP contribution is 2.22. The van der Waals surface area contributed by atoms with Crippen LogP contribution >= 0.6 is 11.6 Å². The summed E-state index contributed by atoms with van der Waals surface area (Å²) in [7, 11) is 0. The summed E-state index contributed by atoms with van der Waals surface area (Å²) in [5, 5.41) is 14.6. The van der Waals surface area contributed by atoms with Gasteiger partial charge in [-0.25, -0.2) is 0 Å². The van der Waals surface area contributed by atoms with E-state index in [2.05, 4.69) is 31.1 Å². The largest absolute Gasteiger partial charge is 0.408 e. The monoisotopic (exact) mass is 279 g/mol. The topological polar surface area (TPSA) is 61.0 Å². The second-order valence-electron chi connectivity index (χ2n) is 4.65. The van der Waals surface area contributed by atoms with Crippen LogP contribution in [0.5, 0.6) is 0 Å². The van der Waals surface area contributed by atoms with Crippen molar-refractivity contribution in [3.63, 3.8) is 0 Å². The average molecular weight is 280 g/mol. The molecule has 1 aromatic carbocycles. The van der Waals surface area contributed by atoms with Gasteiger partial charge in [-0.2, -0.15) is 4.68 Å². The maximum Gasteiger partial charge on any atom is 0.408 e. The third kappa shape index (κ3) is 3.12. The highest BCUT2D eigenvalue weighted by atomic mass is 35.5. The van der Waals surface area contributed by atoms with Crippen LogP contribution in [0.1, 0.15) is 30.9 Å².